The Morgan fingerprint density at radius 2 is 1.97 bits per heavy atom. The fourth-order valence-electron chi connectivity index (χ4n) is 3.43. The Hall–Kier alpha value is -3.38. The Labute approximate surface area is 180 Å². The molecule has 1 aromatic heterocycles. The van der Waals surface area contributed by atoms with Gasteiger partial charge in [0.1, 0.15) is 5.54 Å². The zero-order chi connectivity index (χ0) is 23.5. The maximum atomic E-state index is 12.7. The van der Waals surface area contributed by atoms with Crippen LogP contribution < -0.4 is 15.5 Å². The molecule has 1 aliphatic carbocycles. The third kappa shape index (κ3) is 5.45. The van der Waals surface area contributed by atoms with Crippen LogP contribution in [0.15, 0.2) is 18.3 Å². The number of aromatic nitrogens is 1. The van der Waals surface area contributed by atoms with Crippen molar-refractivity contribution in [2.24, 2.45) is 5.92 Å². The molecule has 1 spiro atoms. The first-order valence-electron chi connectivity index (χ1n) is 9.78. The number of nitrogens with zero attached hydrogens (tertiary/aromatic N) is 2. The van der Waals surface area contributed by atoms with E-state index in [1.165, 1.54) is 0 Å². The van der Waals surface area contributed by atoms with E-state index in [1.807, 2.05) is 0 Å². The van der Waals surface area contributed by atoms with E-state index in [0.29, 0.717) is 23.8 Å². The van der Waals surface area contributed by atoms with Crippen molar-refractivity contribution in [1.82, 2.24) is 20.7 Å². The highest BCUT2D eigenvalue weighted by atomic mass is 19.4. The van der Waals surface area contributed by atoms with Crippen LogP contribution in [0, 0.1) is 5.92 Å². The average Bonchev–Trinajstić information content (AvgIpc) is 2.96. The highest BCUT2D eigenvalue weighted by Crippen LogP contribution is 2.35. The fourth-order valence-corrected chi connectivity index (χ4v) is 3.43. The molecule has 1 saturated carbocycles. The van der Waals surface area contributed by atoms with Crippen LogP contribution in [-0.4, -0.2) is 58.7 Å². The monoisotopic (exact) mass is 458 g/mol. The van der Waals surface area contributed by atoms with Gasteiger partial charge in [0.2, 0.25) is 5.88 Å². The van der Waals surface area contributed by atoms with Gasteiger partial charge in [0.25, 0.3) is 11.8 Å². The number of imide groups is 1. The van der Waals surface area contributed by atoms with Crippen molar-refractivity contribution in [3.8, 4) is 5.88 Å². The van der Waals surface area contributed by atoms with E-state index in [2.05, 4.69) is 27.4 Å². The summed E-state index contributed by atoms with van der Waals surface area (Å²) < 4.78 is 45.6. The van der Waals surface area contributed by atoms with Crippen LogP contribution in [0.3, 0.4) is 0 Å². The first kappa shape index (κ1) is 23.3. The molecule has 2 fully saturated rings. The Morgan fingerprint density at radius 1 is 1.28 bits per heavy atom. The Balaban J connectivity index is 1.49. The van der Waals surface area contributed by atoms with E-state index >= 15 is 0 Å². The molecular weight excluding hydrogens is 437 g/mol. The highest BCUT2D eigenvalue weighted by molar-refractivity contribution is 6.08. The molecule has 174 valence electrons. The molecule has 2 aliphatic rings. The van der Waals surface area contributed by atoms with Crippen LogP contribution >= 0.6 is 0 Å². The van der Waals surface area contributed by atoms with Crippen molar-refractivity contribution in [2.75, 3.05) is 13.2 Å². The minimum Gasteiger partial charge on any atom is -0.468 e. The second-order valence-corrected chi connectivity index (χ2v) is 7.74. The summed E-state index contributed by atoms with van der Waals surface area (Å²) in [5.74, 6) is -2.37. The molecular formula is C19H21F3N4O6. The molecule has 0 unspecified atom stereocenters. The van der Waals surface area contributed by atoms with Crippen molar-refractivity contribution in [3.63, 3.8) is 0 Å². The van der Waals surface area contributed by atoms with Crippen LogP contribution in [0.5, 0.6) is 5.88 Å². The summed E-state index contributed by atoms with van der Waals surface area (Å²) in [4.78, 5) is 52.5. The lowest BCUT2D eigenvalue weighted by molar-refractivity contribution is -0.154. The van der Waals surface area contributed by atoms with Crippen LogP contribution in [-0.2, 0) is 14.3 Å². The molecule has 1 aliphatic heterocycles. The first-order valence-corrected chi connectivity index (χ1v) is 9.78. The van der Waals surface area contributed by atoms with Crippen molar-refractivity contribution in [3.05, 3.63) is 23.9 Å². The van der Waals surface area contributed by atoms with E-state index in [1.54, 1.807) is 0 Å². The number of pyridine rings is 1. The number of ether oxygens (including phenoxy) is 2. The topological polar surface area (TPSA) is 127 Å². The minimum atomic E-state index is -4.53. The van der Waals surface area contributed by atoms with Gasteiger partial charge < -0.3 is 14.8 Å². The smallest absolute Gasteiger partial charge is 0.422 e. The number of esters is 1. The summed E-state index contributed by atoms with van der Waals surface area (Å²) >= 11 is 0. The molecule has 2 heterocycles. The van der Waals surface area contributed by atoms with Crippen LogP contribution in [0.1, 0.15) is 43.0 Å². The quantitative estimate of drug-likeness (QED) is 0.491. The molecule has 0 aromatic carbocycles. The number of hydrogen-bond acceptors (Lipinski definition) is 7. The van der Waals surface area contributed by atoms with E-state index < -0.39 is 48.7 Å². The third-order valence-corrected chi connectivity index (χ3v) is 5.22. The van der Waals surface area contributed by atoms with E-state index in [-0.39, 0.29) is 11.4 Å². The van der Waals surface area contributed by atoms with Gasteiger partial charge in [0.15, 0.2) is 13.2 Å². The largest absolute Gasteiger partial charge is 0.468 e. The Morgan fingerprint density at radius 3 is 2.56 bits per heavy atom. The lowest BCUT2D eigenvalue weighted by Crippen LogP contribution is -2.52. The molecule has 13 heteroatoms. The number of rotatable bonds is 6. The molecule has 10 nitrogen and oxygen atoms in total. The summed E-state index contributed by atoms with van der Waals surface area (Å²) in [6, 6.07) is 1.40. The average molecular weight is 458 g/mol. The normalized spacial score (nSPS) is 23.1. The summed E-state index contributed by atoms with van der Waals surface area (Å²) in [6.45, 7) is -0.278. The summed E-state index contributed by atoms with van der Waals surface area (Å²) in [5.41, 5.74) is 0.952. The minimum absolute atomic E-state index is 0.137. The molecule has 0 radical (unpaired) electrons. The summed E-state index contributed by atoms with van der Waals surface area (Å²) in [6.07, 6.45) is -1.14. The molecule has 1 saturated heterocycles. The number of alkyl halides is 3. The number of hydrogen-bond donors (Lipinski definition) is 2. The van der Waals surface area contributed by atoms with Gasteiger partial charge in [-0.25, -0.2) is 14.6 Å². The van der Waals surface area contributed by atoms with E-state index in [0.717, 1.165) is 31.2 Å². The Bertz CT molecular complexity index is 897. The Kier molecular flexibility index (Phi) is 6.55. The second kappa shape index (κ2) is 9.01. The molecule has 0 atom stereocenters. The van der Waals surface area contributed by atoms with Gasteiger partial charge in [-0.2, -0.15) is 18.2 Å². The standard InChI is InChI=1S/C19H21F3N4O6/c1-11-4-6-18(7-5-11)16(29)26(17(30)24-18)25-13(27)9-31-15(28)12-2-3-14(23-8-12)32-10-19(20,21)22/h2-3,8,11H,4-7,9-10H2,1H3,(H,24,30)(H,25,27). The molecule has 4 amide bonds. The number of halogens is 3. The van der Waals surface area contributed by atoms with Gasteiger partial charge in [0, 0.05) is 12.3 Å². The number of hydrazine groups is 1. The van der Waals surface area contributed by atoms with E-state index in [4.69, 9.17) is 4.74 Å². The van der Waals surface area contributed by atoms with E-state index in [9.17, 15) is 32.3 Å². The molecule has 3 rings (SSSR count). The first-order chi connectivity index (χ1) is 15.0. The van der Waals surface area contributed by atoms with Gasteiger partial charge in [-0.05, 0) is 37.7 Å². The highest BCUT2D eigenvalue weighted by Gasteiger charge is 2.52. The molecule has 2 N–H and O–H groups in total. The lowest BCUT2D eigenvalue weighted by Gasteiger charge is -2.33. The third-order valence-electron chi connectivity index (χ3n) is 5.22. The van der Waals surface area contributed by atoms with Crippen LogP contribution in [0.25, 0.3) is 0 Å². The number of urea groups is 1. The van der Waals surface area contributed by atoms with Crippen molar-refractivity contribution in [2.45, 2.75) is 44.3 Å². The van der Waals surface area contributed by atoms with Crippen molar-refractivity contribution < 1.29 is 41.8 Å². The molecule has 32 heavy (non-hydrogen) atoms. The predicted octanol–water partition coefficient (Wildman–Crippen LogP) is 1.71. The van der Waals surface area contributed by atoms with Crippen molar-refractivity contribution in [1.29, 1.82) is 0 Å². The van der Waals surface area contributed by atoms with Gasteiger partial charge in [-0.15, -0.1) is 0 Å². The van der Waals surface area contributed by atoms with Gasteiger partial charge in [-0.3, -0.25) is 15.0 Å². The maximum Gasteiger partial charge on any atom is 0.422 e. The maximum absolute atomic E-state index is 12.7. The van der Waals surface area contributed by atoms with Crippen LogP contribution in [0.2, 0.25) is 0 Å². The van der Waals surface area contributed by atoms with Gasteiger partial charge >= 0.3 is 18.2 Å². The van der Waals surface area contributed by atoms with Crippen LogP contribution in [0.4, 0.5) is 18.0 Å². The fraction of sp³-hybridized carbons (Fsp3) is 0.526. The van der Waals surface area contributed by atoms with Gasteiger partial charge in [-0.1, -0.05) is 6.92 Å². The number of amides is 4. The van der Waals surface area contributed by atoms with Crippen molar-refractivity contribution >= 4 is 23.8 Å². The number of nitrogens with one attached hydrogen (secondary N) is 2. The zero-order valence-electron chi connectivity index (χ0n) is 17.0. The zero-order valence-corrected chi connectivity index (χ0v) is 17.0. The van der Waals surface area contributed by atoms with Gasteiger partial charge in [0.05, 0.1) is 5.56 Å². The lowest BCUT2D eigenvalue weighted by atomic mass is 9.77. The predicted molar refractivity (Wildman–Crippen MR) is 100.0 cm³/mol. The number of carbonyl (C=O) groups excluding carboxylic acids is 4. The summed E-state index contributed by atoms with van der Waals surface area (Å²) in [5, 5.41) is 3.22. The number of carbonyl (C=O) groups is 4. The SMILES string of the molecule is CC1CCC2(CC1)NC(=O)N(NC(=O)COC(=O)c1ccc(OCC(F)(F)F)nc1)C2=O. The summed E-state index contributed by atoms with van der Waals surface area (Å²) in [7, 11) is 0. The molecule has 0 bridgehead atoms. The second-order valence-electron chi connectivity index (χ2n) is 7.74. The molecule has 1 aromatic rings.